The molecule has 0 atom stereocenters. The second kappa shape index (κ2) is 5.62. The van der Waals surface area contributed by atoms with Gasteiger partial charge in [-0.25, -0.2) is 9.97 Å². The summed E-state index contributed by atoms with van der Waals surface area (Å²) in [4.78, 5) is 8.42. The zero-order valence-electron chi connectivity index (χ0n) is 9.32. The lowest BCUT2D eigenvalue weighted by molar-refractivity contribution is 0.290. The maximum absolute atomic E-state index is 8.63. The van der Waals surface area contributed by atoms with Crippen LogP contribution in [0.25, 0.3) is 0 Å². The molecule has 0 bridgehead atoms. The van der Waals surface area contributed by atoms with Crippen LogP contribution in [0.1, 0.15) is 49.4 Å². The lowest BCUT2D eigenvalue weighted by Gasteiger charge is -2.24. The maximum Gasteiger partial charge on any atom is 0.117 e. The van der Waals surface area contributed by atoms with Crippen molar-refractivity contribution in [3.8, 4) is 11.8 Å². The number of aliphatic hydroxyl groups is 1. The van der Waals surface area contributed by atoms with E-state index in [0.717, 1.165) is 24.2 Å². The van der Waals surface area contributed by atoms with E-state index in [2.05, 4.69) is 21.8 Å². The van der Waals surface area contributed by atoms with E-state index < -0.39 is 0 Å². The molecule has 16 heavy (non-hydrogen) atoms. The highest BCUT2D eigenvalue weighted by atomic mass is 16.2. The van der Waals surface area contributed by atoms with Crippen LogP contribution in [0, 0.1) is 11.8 Å². The molecule has 1 fully saturated rings. The molecule has 1 N–H and O–H groups in total. The molecular weight excluding hydrogens is 200 g/mol. The maximum atomic E-state index is 8.63. The van der Waals surface area contributed by atoms with E-state index in [1.165, 1.54) is 19.3 Å². The molecule has 1 aliphatic carbocycles. The summed E-state index contributed by atoms with van der Waals surface area (Å²) in [5, 5.41) is 8.63. The molecule has 1 saturated carbocycles. The van der Waals surface area contributed by atoms with Gasteiger partial charge < -0.3 is 5.11 Å². The van der Waals surface area contributed by atoms with E-state index in [9.17, 15) is 0 Å². The minimum atomic E-state index is 0.200. The highest BCUT2D eigenvalue weighted by molar-refractivity contribution is 5.29. The summed E-state index contributed by atoms with van der Waals surface area (Å²) in [6, 6.07) is 2.00. The predicted molar refractivity (Wildman–Crippen MR) is 61.8 cm³/mol. The van der Waals surface area contributed by atoms with Gasteiger partial charge in [0.2, 0.25) is 0 Å². The quantitative estimate of drug-likeness (QED) is 0.619. The van der Waals surface area contributed by atoms with Gasteiger partial charge in [-0.3, -0.25) is 0 Å². The fourth-order valence-corrected chi connectivity index (χ4v) is 1.69. The number of hydrogen-bond donors (Lipinski definition) is 1. The summed E-state index contributed by atoms with van der Waals surface area (Å²) in [5.41, 5.74) is 1.93. The van der Waals surface area contributed by atoms with Gasteiger partial charge in [-0.1, -0.05) is 12.3 Å². The van der Waals surface area contributed by atoms with Crippen LogP contribution >= 0.6 is 0 Å². The average molecular weight is 216 g/mol. The number of hydrogen-bond acceptors (Lipinski definition) is 3. The Morgan fingerprint density at radius 3 is 2.94 bits per heavy atom. The Kier molecular flexibility index (Phi) is 3.90. The van der Waals surface area contributed by atoms with Gasteiger partial charge in [0, 0.05) is 24.6 Å². The van der Waals surface area contributed by atoms with Crippen molar-refractivity contribution >= 4 is 0 Å². The molecule has 0 saturated heterocycles. The van der Waals surface area contributed by atoms with Crippen molar-refractivity contribution in [3.63, 3.8) is 0 Å². The summed E-state index contributed by atoms with van der Waals surface area (Å²) in [6.07, 6.45) is 6.85. The molecule has 1 aromatic heterocycles. The molecule has 0 unspecified atom stereocenters. The number of unbranched alkanes of at least 4 members (excludes halogenated alkanes) is 1. The molecule has 84 valence electrons. The Labute approximate surface area is 95.9 Å². The number of rotatable bonds is 3. The van der Waals surface area contributed by atoms with Crippen molar-refractivity contribution in [1.29, 1.82) is 0 Å². The first kappa shape index (κ1) is 11.1. The highest BCUT2D eigenvalue weighted by Gasteiger charge is 2.20. The number of aromatic nitrogens is 2. The van der Waals surface area contributed by atoms with Gasteiger partial charge in [0.05, 0.1) is 0 Å². The van der Waals surface area contributed by atoms with Crippen LogP contribution < -0.4 is 0 Å². The summed E-state index contributed by atoms with van der Waals surface area (Å²) >= 11 is 0. The summed E-state index contributed by atoms with van der Waals surface area (Å²) in [7, 11) is 0. The molecular formula is C13H16N2O. The second-order valence-electron chi connectivity index (χ2n) is 4.08. The van der Waals surface area contributed by atoms with Crippen LogP contribution in [0.15, 0.2) is 12.4 Å². The van der Waals surface area contributed by atoms with Crippen molar-refractivity contribution in [3.05, 3.63) is 23.8 Å². The minimum Gasteiger partial charge on any atom is -0.396 e. The van der Waals surface area contributed by atoms with Crippen LogP contribution in [0.4, 0.5) is 0 Å². The monoisotopic (exact) mass is 216 g/mol. The van der Waals surface area contributed by atoms with Gasteiger partial charge in [0.15, 0.2) is 0 Å². The zero-order valence-corrected chi connectivity index (χ0v) is 9.32. The minimum absolute atomic E-state index is 0.200. The molecule has 1 aliphatic rings. The summed E-state index contributed by atoms with van der Waals surface area (Å²) < 4.78 is 0. The molecule has 1 heterocycles. The van der Waals surface area contributed by atoms with Crippen molar-refractivity contribution in [2.45, 2.75) is 38.0 Å². The van der Waals surface area contributed by atoms with Crippen LogP contribution in [-0.2, 0) is 0 Å². The van der Waals surface area contributed by atoms with Gasteiger partial charge in [-0.2, -0.15) is 0 Å². The largest absolute Gasteiger partial charge is 0.396 e. The van der Waals surface area contributed by atoms with Crippen LogP contribution in [0.3, 0.4) is 0 Å². The normalized spacial score (nSPS) is 15.1. The molecule has 0 spiro atoms. The average Bonchev–Trinajstić information content (AvgIpc) is 2.23. The van der Waals surface area contributed by atoms with Gasteiger partial charge in [0.25, 0.3) is 0 Å². The topological polar surface area (TPSA) is 46.0 Å². The van der Waals surface area contributed by atoms with Gasteiger partial charge in [0.1, 0.15) is 12.0 Å². The van der Waals surface area contributed by atoms with E-state index in [0.29, 0.717) is 5.92 Å². The molecule has 0 radical (unpaired) electrons. The van der Waals surface area contributed by atoms with Crippen molar-refractivity contribution in [2.75, 3.05) is 6.61 Å². The fraction of sp³-hybridized carbons (Fsp3) is 0.538. The molecule has 0 amide bonds. The summed E-state index contributed by atoms with van der Waals surface area (Å²) in [6.45, 7) is 0.200. The Hall–Kier alpha value is -1.40. The van der Waals surface area contributed by atoms with E-state index in [1.54, 1.807) is 6.33 Å². The lowest BCUT2D eigenvalue weighted by Crippen LogP contribution is -2.10. The molecule has 0 aromatic carbocycles. The molecule has 3 nitrogen and oxygen atoms in total. The number of aliphatic hydroxyl groups excluding tert-OH is 1. The van der Waals surface area contributed by atoms with E-state index >= 15 is 0 Å². The third kappa shape index (κ3) is 2.80. The Morgan fingerprint density at radius 1 is 1.38 bits per heavy atom. The fourth-order valence-electron chi connectivity index (χ4n) is 1.69. The van der Waals surface area contributed by atoms with E-state index in [4.69, 9.17) is 5.11 Å². The van der Waals surface area contributed by atoms with Crippen molar-refractivity contribution in [2.24, 2.45) is 0 Å². The zero-order chi connectivity index (χ0) is 11.2. The van der Waals surface area contributed by atoms with Crippen molar-refractivity contribution < 1.29 is 5.11 Å². The van der Waals surface area contributed by atoms with Crippen molar-refractivity contribution in [1.82, 2.24) is 9.97 Å². The molecule has 0 aliphatic heterocycles. The van der Waals surface area contributed by atoms with Crippen LogP contribution in [0.5, 0.6) is 0 Å². The summed E-state index contributed by atoms with van der Waals surface area (Å²) in [5.74, 6) is 6.64. The SMILES string of the molecule is OCCCC#Cc1cc(C2CCC2)ncn1. The van der Waals surface area contributed by atoms with Crippen LogP contribution in [0.2, 0.25) is 0 Å². The number of nitrogens with zero attached hydrogens (tertiary/aromatic N) is 2. The standard InChI is InChI=1S/C13H16N2O/c16-8-3-1-2-7-12-9-13(15-10-14-12)11-5-4-6-11/h9-11,16H,1,3-6,8H2. The highest BCUT2D eigenvalue weighted by Crippen LogP contribution is 2.34. The van der Waals surface area contributed by atoms with Crippen LogP contribution in [-0.4, -0.2) is 21.7 Å². The van der Waals surface area contributed by atoms with Gasteiger partial charge in [-0.15, -0.1) is 0 Å². The van der Waals surface area contributed by atoms with E-state index in [1.807, 2.05) is 6.07 Å². The Balaban J connectivity index is 2.00. The Bertz CT molecular complexity index is 402. The third-order valence-corrected chi connectivity index (χ3v) is 2.89. The molecule has 1 aromatic rings. The molecule has 3 heteroatoms. The first-order chi connectivity index (χ1) is 7.90. The first-order valence-corrected chi connectivity index (χ1v) is 5.82. The first-order valence-electron chi connectivity index (χ1n) is 5.82. The van der Waals surface area contributed by atoms with Gasteiger partial charge in [-0.05, 0) is 31.2 Å². The third-order valence-electron chi connectivity index (χ3n) is 2.89. The molecule has 2 rings (SSSR count). The van der Waals surface area contributed by atoms with Gasteiger partial charge >= 0.3 is 0 Å². The van der Waals surface area contributed by atoms with E-state index in [-0.39, 0.29) is 6.61 Å². The Morgan fingerprint density at radius 2 is 2.25 bits per heavy atom. The lowest BCUT2D eigenvalue weighted by atomic mass is 9.83. The predicted octanol–water partition coefficient (Wildman–Crippen LogP) is 1.87. The second-order valence-corrected chi connectivity index (χ2v) is 4.08. The smallest absolute Gasteiger partial charge is 0.117 e.